The monoisotopic (exact) mass is 330 g/mol. The molecule has 6 heteroatoms. The first-order valence-corrected chi connectivity index (χ1v) is 9.05. The maximum absolute atomic E-state index is 12.2. The molecule has 0 atom stereocenters. The summed E-state index contributed by atoms with van der Waals surface area (Å²) in [5, 5.41) is 1.99. The lowest BCUT2D eigenvalue weighted by Gasteiger charge is -2.07. The van der Waals surface area contributed by atoms with Gasteiger partial charge in [-0.2, -0.15) is 0 Å². The Balaban J connectivity index is 1.76. The Hall–Kier alpha value is -2.02. The van der Waals surface area contributed by atoms with E-state index in [0.29, 0.717) is 0 Å². The van der Waals surface area contributed by atoms with Gasteiger partial charge in [0, 0.05) is 12.7 Å². The van der Waals surface area contributed by atoms with Crippen LogP contribution in [0, 0.1) is 0 Å². The smallest absolute Gasteiger partial charge is 0.240 e. The molecule has 0 radical (unpaired) electrons. The number of thiophene rings is 1. The minimum atomic E-state index is -3.49. The van der Waals surface area contributed by atoms with Crippen molar-refractivity contribution < 1.29 is 8.42 Å². The molecule has 0 spiro atoms. The fourth-order valence-corrected chi connectivity index (χ4v) is 3.74. The second kappa shape index (κ2) is 6.39. The van der Waals surface area contributed by atoms with Crippen molar-refractivity contribution in [3.8, 4) is 10.6 Å². The van der Waals surface area contributed by atoms with Gasteiger partial charge in [-0.05, 0) is 41.3 Å². The lowest BCUT2D eigenvalue weighted by Crippen LogP contribution is -2.23. The first-order valence-electron chi connectivity index (χ1n) is 6.69. The highest BCUT2D eigenvalue weighted by atomic mass is 32.2. The van der Waals surface area contributed by atoms with E-state index in [0.717, 1.165) is 16.1 Å². The summed E-state index contributed by atoms with van der Waals surface area (Å²) in [5.74, 6) is 0. The van der Waals surface area contributed by atoms with Crippen LogP contribution in [0.3, 0.4) is 0 Å². The highest BCUT2D eigenvalue weighted by Gasteiger charge is 2.13. The van der Waals surface area contributed by atoms with Crippen molar-refractivity contribution in [3.05, 3.63) is 71.7 Å². The molecule has 0 amide bonds. The normalized spacial score (nSPS) is 11.5. The number of nitrogens with one attached hydrogen (secondary N) is 1. The Bertz CT molecular complexity index is 845. The SMILES string of the molecule is O=S(=O)(NCc1ccnc(-c2cccs2)c1)c1ccccc1. The lowest BCUT2D eigenvalue weighted by atomic mass is 10.2. The van der Waals surface area contributed by atoms with Gasteiger partial charge in [-0.3, -0.25) is 4.98 Å². The van der Waals surface area contributed by atoms with E-state index in [9.17, 15) is 8.42 Å². The fourth-order valence-electron chi connectivity index (χ4n) is 2.00. The van der Waals surface area contributed by atoms with E-state index in [2.05, 4.69) is 9.71 Å². The van der Waals surface area contributed by atoms with Crippen molar-refractivity contribution in [2.24, 2.45) is 0 Å². The molecule has 22 heavy (non-hydrogen) atoms. The summed E-state index contributed by atoms with van der Waals surface area (Å²) < 4.78 is 27.0. The van der Waals surface area contributed by atoms with Crippen molar-refractivity contribution in [1.82, 2.24) is 9.71 Å². The largest absolute Gasteiger partial charge is 0.255 e. The number of aromatic nitrogens is 1. The van der Waals surface area contributed by atoms with E-state index >= 15 is 0 Å². The number of hydrogen-bond acceptors (Lipinski definition) is 4. The molecule has 3 rings (SSSR count). The van der Waals surface area contributed by atoms with Gasteiger partial charge >= 0.3 is 0 Å². The number of nitrogens with zero attached hydrogens (tertiary/aromatic N) is 1. The van der Waals surface area contributed by atoms with Crippen molar-refractivity contribution in [2.75, 3.05) is 0 Å². The van der Waals surface area contributed by atoms with Crippen molar-refractivity contribution in [3.63, 3.8) is 0 Å². The molecule has 1 aromatic carbocycles. The molecule has 0 saturated heterocycles. The summed E-state index contributed by atoms with van der Waals surface area (Å²) in [5.41, 5.74) is 1.73. The summed E-state index contributed by atoms with van der Waals surface area (Å²) in [4.78, 5) is 5.65. The number of sulfonamides is 1. The molecule has 4 nitrogen and oxygen atoms in total. The molecule has 0 aliphatic heterocycles. The molecule has 2 aromatic heterocycles. The molecular weight excluding hydrogens is 316 g/mol. The van der Waals surface area contributed by atoms with Gasteiger partial charge in [0.25, 0.3) is 0 Å². The van der Waals surface area contributed by atoms with Crippen molar-refractivity contribution in [2.45, 2.75) is 11.4 Å². The first-order chi connectivity index (χ1) is 10.6. The Kier molecular flexibility index (Phi) is 4.33. The lowest BCUT2D eigenvalue weighted by molar-refractivity contribution is 0.581. The average Bonchev–Trinajstić information content (AvgIpc) is 3.09. The zero-order valence-corrected chi connectivity index (χ0v) is 13.3. The van der Waals surface area contributed by atoms with E-state index in [-0.39, 0.29) is 11.4 Å². The van der Waals surface area contributed by atoms with Gasteiger partial charge in [0.2, 0.25) is 10.0 Å². The third-order valence-corrected chi connectivity index (χ3v) is 5.43. The maximum Gasteiger partial charge on any atom is 0.240 e. The summed E-state index contributed by atoms with van der Waals surface area (Å²) in [6, 6.07) is 16.0. The molecule has 0 saturated carbocycles. The Morgan fingerprint density at radius 2 is 1.86 bits per heavy atom. The first kappa shape index (κ1) is 14.9. The van der Waals surface area contributed by atoms with Gasteiger partial charge in [-0.1, -0.05) is 24.3 Å². The van der Waals surface area contributed by atoms with E-state index in [1.54, 1.807) is 47.9 Å². The maximum atomic E-state index is 12.2. The van der Waals surface area contributed by atoms with Gasteiger partial charge in [-0.15, -0.1) is 11.3 Å². The predicted molar refractivity (Wildman–Crippen MR) is 88.0 cm³/mol. The van der Waals surface area contributed by atoms with Gasteiger partial charge in [0.15, 0.2) is 0 Å². The van der Waals surface area contributed by atoms with Gasteiger partial charge in [-0.25, -0.2) is 13.1 Å². The highest BCUT2D eigenvalue weighted by Crippen LogP contribution is 2.23. The van der Waals surface area contributed by atoms with Crippen LogP contribution in [0.15, 0.2) is 71.1 Å². The third kappa shape index (κ3) is 3.41. The average molecular weight is 330 g/mol. The van der Waals surface area contributed by atoms with Crippen molar-refractivity contribution >= 4 is 21.4 Å². The molecule has 0 aliphatic rings. The number of benzene rings is 1. The quantitative estimate of drug-likeness (QED) is 0.781. The minimum absolute atomic E-state index is 0.234. The summed E-state index contributed by atoms with van der Waals surface area (Å²) in [6.07, 6.45) is 1.70. The van der Waals surface area contributed by atoms with Crippen LogP contribution in [0.4, 0.5) is 0 Å². The molecule has 2 heterocycles. The number of pyridine rings is 1. The Labute approximate surface area is 133 Å². The van der Waals surface area contributed by atoms with Gasteiger partial charge in [0.1, 0.15) is 0 Å². The summed E-state index contributed by atoms with van der Waals surface area (Å²) in [6.45, 7) is 0.234. The van der Waals surface area contributed by atoms with E-state index in [1.165, 1.54) is 0 Å². The number of hydrogen-bond donors (Lipinski definition) is 1. The third-order valence-electron chi connectivity index (χ3n) is 3.12. The molecule has 0 unspecified atom stereocenters. The van der Waals surface area contributed by atoms with E-state index < -0.39 is 10.0 Å². The van der Waals surface area contributed by atoms with Crippen LogP contribution in [-0.4, -0.2) is 13.4 Å². The molecule has 112 valence electrons. The standard InChI is InChI=1S/C16H14N2O2S2/c19-22(20,14-5-2-1-3-6-14)18-12-13-8-9-17-15(11-13)16-7-4-10-21-16/h1-11,18H,12H2. The molecule has 1 N–H and O–H groups in total. The summed E-state index contributed by atoms with van der Waals surface area (Å²) in [7, 11) is -3.49. The topological polar surface area (TPSA) is 59.1 Å². The molecule has 3 aromatic rings. The molecular formula is C16H14N2O2S2. The summed E-state index contributed by atoms with van der Waals surface area (Å²) >= 11 is 1.60. The zero-order chi connectivity index (χ0) is 15.4. The van der Waals surface area contributed by atoms with E-state index in [4.69, 9.17) is 0 Å². The van der Waals surface area contributed by atoms with Crippen molar-refractivity contribution in [1.29, 1.82) is 0 Å². The van der Waals surface area contributed by atoms with Crippen LogP contribution in [-0.2, 0) is 16.6 Å². The second-order valence-corrected chi connectivity index (χ2v) is 7.38. The predicted octanol–water partition coefficient (Wildman–Crippen LogP) is 3.29. The van der Waals surface area contributed by atoms with Crippen LogP contribution < -0.4 is 4.72 Å². The molecule has 0 aliphatic carbocycles. The van der Waals surface area contributed by atoms with Crippen LogP contribution in [0.25, 0.3) is 10.6 Å². The van der Waals surface area contributed by atoms with Gasteiger partial charge in [0.05, 0.1) is 15.5 Å². The van der Waals surface area contributed by atoms with E-state index in [1.807, 2.05) is 29.6 Å². The van der Waals surface area contributed by atoms with Crippen LogP contribution in [0.2, 0.25) is 0 Å². The second-order valence-electron chi connectivity index (χ2n) is 4.66. The highest BCUT2D eigenvalue weighted by molar-refractivity contribution is 7.89. The Morgan fingerprint density at radius 3 is 2.59 bits per heavy atom. The Morgan fingerprint density at radius 1 is 1.05 bits per heavy atom. The molecule has 0 fully saturated rings. The van der Waals surface area contributed by atoms with Gasteiger partial charge < -0.3 is 0 Å². The fraction of sp³-hybridized carbons (Fsp3) is 0.0625. The van der Waals surface area contributed by atoms with Crippen LogP contribution in [0.5, 0.6) is 0 Å². The number of rotatable bonds is 5. The van der Waals surface area contributed by atoms with Crippen LogP contribution in [0.1, 0.15) is 5.56 Å². The zero-order valence-electron chi connectivity index (χ0n) is 11.6. The van der Waals surface area contributed by atoms with Crippen LogP contribution >= 0.6 is 11.3 Å². The minimum Gasteiger partial charge on any atom is -0.255 e. The molecule has 0 bridgehead atoms.